The van der Waals surface area contributed by atoms with Gasteiger partial charge in [-0.15, -0.1) is 0 Å². The largest absolute Gasteiger partial charge is 0.481 e. The number of rotatable bonds is 6. The number of amides is 3. The number of imide groups is 1. The topological polar surface area (TPSA) is 116 Å². The van der Waals surface area contributed by atoms with Gasteiger partial charge in [-0.2, -0.15) is 0 Å². The van der Waals surface area contributed by atoms with E-state index in [2.05, 4.69) is 10.6 Å². The maximum atomic E-state index is 13.6. The van der Waals surface area contributed by atoms with Crippen molar-refractivity contribution in [2.24, 2.45) is 11.8 Å². The van der Waals surface area contributed by atoms with Crippen molar-refractivity contribution >= 4 is 41.0 Å². The van der Waals surface area contributed by atoms with E-state index in [1.54, 1.807) is 18.2 Å². The Bertz CT molecular complexity index is 1170. The maximum absolute atomic E-state index is 13.6. The Morgan fingerprint density at radius 1 is 1.09 bits per heavy atom. The number of carbonyl (C=O) groups excluding carboxylic acids is 3. The predicted molar refractivity (Wildman–Crippen MR) is 119 cm³/mol. The molecule has 2 aromatic carbocycles. The Morgan fingerprint density at radius 2 is 1.85 bits per heavy atom. The molecule has 0 saturated carbocycles. The van der Waals surface area contributed by atoms with Crippen LogP contribution in [0.15, 0.2) is 48.5 Å². The SMILES string of the molecule is O=C(O)CC[C@H]1N[C@@]2(C(=O)Nc3ccc(Cl)cc32)[C@@H]2C(=O)N(CCc3ccccc3)C(=O)[C@@H]21. The van der Waals surface area contributed by atoms with Gasteiger partial charge in [0.15, 0.2) is 0 Å². The van der Waals surface area contributed by atoms with Crippen molar-refractivity contribution in [2.75, 3.05) is 11.9 Å². The monoisotopic (exact) mass is 467 g/mol. The van der Waals surface area contributed by atoms with E-state index < -0.39 is 41.2 Å². The molecule has 170 valence electrons. The van der Waals surface area contributed by atoms with Gasteiger partial charge in [0.05, 0.1) is 11.8 Å². The van der Waals surface area contributed by atoms with Gasteiger partial charge in [0.1, 0.15) is 5.54 Å². The molecule has 3 heterocycles. The summed E-state index contributed by atoms with van der Waals surface area (Å²) < 4.78 is 0. The first-order valence-electron chi connectivity index (χ1n) is 10.8. The van der Waals surface area contributed by atoms with Gasteiger partial charge < -0.3 is 10.4 Å². The molecule has 33 heavy (non-hydrogen) atoms. The minimum atomic E-state index is -1.47. The quantitative estimate of drug-likeness (QED) is 0.561. The minimum Gasteiger partial charge on any atom is -0.481 e. The number of anilines is 1. The highest BCUT2D eigenvalue weighted by Crippen LogP contribution is 2.53. The second-order valence-electron chi connectivity index (χ2n) is 8.70. The number of benzene rings is 2. The van der Waals surface area contributed by atoms with Crippen LogP contribution in [0.25, 0.3) is 0 Å². The third kappa shape index (κ3) is 3.32. The van der Waals surface area contributed by atoms with Crippen LogP contribution in [0.4, 0.5) is 5.69 Å². The van der Waals surface area contributed by atoms with Crippen molar-refractivity contribution in [3.05, 3.63) is 64.7 Å². The van der Waals surface area contributed by atoms with Gasteiger partial charge in [0.25, 0.3) is 0 Å². The Hall–Kier alpha value is -3.23. The molecule has 0 unspecified atom stereocenters. The van der Waals surface area contributed by atoms with Gasteiger partial charge in [-0.05, 0) is 36.6 Å². The fourth-order valence-corrected chi connectivity index (χ4v) is 5.64. The molecule has 0 aromatic heterocycles. The van der Waals surface area contributed by atoms with E-state index in [1.807, 2.05) is 30.3 Å². The number of halogens is 1. The smallest absolute Gasteiger partial charge is 0.303 e. The van der Waals surface area contributed by atoms with E-state index >= 15 is 0 Å². The van der Waals surface area contributed by atoms with Crippen molar-refractivity contribution < 1.29 is 24.3 Å². The molecule has 0 bridgehead atoms. The highest BCUT2D eigenvalue weighted by Gasteiger charge is 2.70. The highest BCUT2D eigenvalue weighted by molar-refractivity contribution is 6.31. The second-order valence-corrected chi connectivity index (χ2v) is 9.14. The molecule has 0 radical (unpaired) electrons. The summed E-state index contributed by atoms with van der Waals surface area (Å²) in [6, 6.07) is 13.8. The Balaban J connectivity index is 1.53. The van der Waals surface area contributed by atoms with Crippen molar-refractivity contribution in [3.63, 3.8) is 0 Å². The van der Waals surface area contributed by atoms with Gasteiger partial charge in [0, 0.05) is 35.3 Å². The maximum Gasteiger partial charge on any atom is 0.303 e. The molecule has 2 saturated heterocycles. The number of aliphatic carboxylic acids is 1. The molecule has 4 atom stereocenters. The predicted octanol–water partition coefficient (Wildman–Crippen LogP) is 2.17. The molecule has 8 nitrogen and oxygen atoms in total. The number of fused-ring (bicyclic) bond motifs is 4. The van der Waals surface area contributed by atoms with Crippen LogP contribution in [-0.4, -0.2) is 46.3 Å². The summed E-state index contributed by atoms with van der Waals surface area (Å²) in [4.78, 5) is 52.9. The summed E-state index contributed by atoms with van der Waals surface area (Å²) in [5, 5.41) is 15.6. The second kappa shape index (κ2) is 7.97. The van der Waals surface area contributed by atoms with E-state index in [-0.39, 0.29) is 25.3 Å². The van der Waals surface area contributed by atoms with Gasteiger partial charge in [-0.1, -0.05) is 41.9 Å². The molecule has 0 aliphatic carbocycles. The number of hydrogen-bond acceptors (Lipinski definition) is 5. The molecule has 2 aromatic rings. The molecule has 2 fully saturated rings. The van der Waals surface area contributed by atoms with Crippen LogP contribution in [-0.2, 0) is 31.1 Å². The standard InChI is InChI=1S/C24H22ClN3O5/c25-14-6-7-16-15(12-14)24(23(33)26-16)20-19(17(27-24)8-9-18(29)30)21(31)28(22(20)32)11-10-13-4-2-1-3-5-13/h1-7,12,17,19-20,27H,8-11H2,(H,26,33)(H,29,30)/t17-,19-,20+,24-/m1/s1. The van der Waals surface area contributed by atoms with Crippen molar-refractivity contribution in [3.8, 4) is 0 Å². The molecule has 1 spiro atoms. The zero-order valence-electron chi connectivity index (χ0n) is 17.6. The number of carboxylic acid groups (broad SMARTS) is 1. The molecule has 3 aliphatic rings. The number of nitrogens with one attached hydrogen (secondary N) is 2. The van der Waals surface area contributed by atoms with Crippen molar-refractivity contribution in [1.82, 2.24) is 10.2 Å². The number of nitrogens with zero attached hydrogens (tertiary/aromatic N) is 1. The van der Waals surface area contributed by atoms with E-state index in [9.17, 15) is 24.3 Å². The van der Waals surface area contributed by atoms with Crippen LogP contribution in [0.3, 0.4) is 0 Å². The van der Waals surface area contributed by atoms with E-state index in [0.717, 1.165) is 5.56 Å². The van der Waals surface area contributed by atoms with Crippen molar-refractivity contribution in [2.45, 2.75) is 30.8 Å². The summed E-state index contributed by atoms with van der Waals surface area (Å²) in [6.45, 7) is 0.195. The lowest BCUT2D eigenvalue weighted by molar-refractivity contribution is -0.143. The Kier molecular flexibility index (Phi) is 5.22. The van der Waals surface area contributed by atoms with Crippen LogP contribution in [0.2, 0.25) is 5.02 Å². The van der Waals surface area contributed by atoms with Crippen LogP contribution in [0.5, 0.6) is 0 Å². The number of carbonyl (C=O) groups is 4. The molecule has 3 aliphatic heterocycles. The van der Waals surface area contributed by atoms with E-state index in [1.165, 1.54) is 4.90 Å². The Labute approximate surface area is 194 Å². The molecular weight excluding hydrogens is 446 g/mol. The summed E-state index contributed by atoms with van der Waals surface area (Å²) in [6.07, 6.45) is 0.423. The highest BCUT2D eigenvalue weighted by atomic mass is 35.5. The molecular formula is C24H22ClN3O5. The normalized spacial score (nSPS) is 27.7. The summed E-state index contributed by atoms with van der Waals surface area (Å²) in [7, 11) is 0. The lowest BCUT2D eigenvalue weighted by atomic mass is 9.76. The van der Waals surface area contributed by atoms with E-state index in [4.69, 9.17) is 11.6 Å². The zero-order valence-corrected chi connectivity index (χ0v) is 18.3. The molecule has 3 N–H and O–H groups in total. The third-order valence-electron chi connectivity index (χ3n) is 6.90. The fourth-order valence-electron chi connectivity index (χ4n) is 5.47. The van der Waals surface area contributed by atoms with E-state index in [0.29, 0.717) is 22.7 Å². The Morgan fingerprint density at radius 3 is 2.58 bits per heavy atom. The van der Waals surface area contributed by atoms with Gasteiger partial charge in [-0.25, -0.2) is 0 Å². The van der Waals surface area contributed by atoms with Gasteiger partial charge in [-0.3, -0.25) is 29.4 Å². The molecule has 3 amide bonds. The van der Waals surface area contributed by atoms with Crippen LogP contribution >= 0.6 is 11.6 Å². The lowest BCUT2D eigenvalue weighted by Gasteiger charge is -2.29. The summed E-state index contributed by atoms with van der Waals surface area (Å²) >= 11 is 6.22. The first kappa shape index (κ1) is 21.6. The lowest BCUT2D eigenvalue weighted by Crippen LogP contribution is -2.53. The fraction of sp³-hybridized carbons (Fsp3) is 0.333. The van der Waals surface area contributed by atoms with Crippen LogP contribution < -0.4 is 10.6 Å². The minimum absolute atomic E-state index is 0.118. The first-order chi connectivity index (χ1) is 15.8. The first-order valence-corrected chi connectivity index (χ1v) is 11.2. The molecule has 9 heteroatoms. The third-order valence-corrected chi connectivity index (χ3v) is 7.14. The summed E-state index contributed by atoms with van der Waals surface area (Å²) in [5.41, 5.74) is 0.556. The summed E-state index contributed by atoms with van der Waals surface area (Å²) in [5.74, 6) is -4.04. The number of hydrogen-bond donors (Lipinski definition) is 3. The molecule has 5 rings (SSSR count). The van der Waals surface area contributed by atoms with Gasteiger partial charge in [0.2, 0.25) is 17.7 Å². The number of carboxylic acids is 1. The van der Waals surface area contributed by atoms with Crippen LogP contribution in [0, 0.1) is 11.8 Å². The van der Waals surface area contributed by atoms with Gasteiger partial charge >= 0.3 is 5.97 Å². The zero-order chi connectivity index (χ0) is 23.3. The van der Waals surface area contributed by atoms with Crippen LogP contribution in [0.1, 0.15) is 24.0 Å². The average molecular weight is 468 g/mol. The van der Waals surface area contributed by atoms with Crippen molar-refractivity contribution in [1.29, 1.82) is 0 Å². The number of likely N-dealkylation sites (tertiary alicyclic amines) is 1. The average Bonchev–Trinajstić information content (AvgIpc) is 3.37.